The highest BCUT2D eigenvalue weighted by atomic mass is 16.5. The predicted octanol–water partition coefficient (Wildman–Crippen LogP) is 0.994. The average molecular weight is 300 g/mol. The van der Waals surface area contributed by atoms with Gasteiger partial charge in [-0.2, -0.15) is 0 Å². The van der Waals surface area contributed by atoms with Gasteiger partial charge in [0.05, 0.1) is 12.9 Å². The van der Waals surface area contributed by atoms with Crippen LogP contribution < -0.4 is 5.73 Å². The number of hydrogen-bond acceptors (Lipinski definition) is 6. The van der Waals surface area contributed by atoms with E-state index in [9.17, 15) is 4.79 Å². The van der Waals surface area contributed by atoms with Gasteiger partial charge in [0.2, 0.25) is 0 Å². The Labute approximate surface area is 126 Å². The van der Waals surface area contributed by atoms with Crippen molar-refractivity contribution in [2.45, 2.75) is 13.0 Å². The van der Waals surface area contributed by atoms with E-state index in [1.807, 2.05) is 4.57 Å². The molecule has 22 heavy (non-hydrogen) atoms. The summed E-state index contributed by atoms with van der Waals surface area (Å²) >= 11 is 0. The summed E-state index contributed by atoms with van der Waals surface area (Å²) in [5.74, 6) is 0.0356. The molecule has 0 saturated heterocycles. The molecular formula is C14H16N6O2. The zero-order chi connectivity index (χ0) is 15.5. The van der Waals surface area contributed by atoms with Gasteiger partial charge in [0.25, 0.3) is 0 Å². The number of rotatable bonds is 5. The van der Waals surface area contributed by atoms with Crippen molar-refractivity contribution in [1.29, 1.82) is 0 Å². The lowest BCUT2D eigenvalue weighted by Gasteiger charge is -2.06. The Balaban J connectivity index is 1.56. The number of anilines is 1. The first-order valence-corrected chi connectivity index (χ1v) is 6.86. The number of imidazole rings is 1. The summed E-state index contributed by atoms with van der Waals surface area (Å²) in [5, 5.41) is 0. The molecule has 0 radical (unpaired) electrons. The van der Waals surface area contributed by atoms with Gasteiger partial charge >= 0.3 is 5.97 Å². The number of nitrogens with zero attached hydrogens (tertiary/aromatic N) is 5. The van der Waals surface area contributed by atoms with E-state index in [0.717, 1.165) is 0 Å². The third-order valence-corrected chi connectivity index (χ3v) is 3.36. The molecule has 0 aliphatic heterocycles. The summed E-state index contributed by atoms with van der Waals surface area (Å²) in [6, 6.07) is 3.53. The van der Waals surface area contributed by atoms with Crippen molar-refractivity contribution < 1.29 is 9.53 Å². The first-order chi connectivity index (χ1) is 10.7. The van der Waals surface area contributed by atoms with Crippen molar-refractivity contribution in [2.24, 2.45) is 7.05 Å². The van der Waals surface area contributed by atoms with Crippen molar-refractivity contribution in [3.63, 3.8) is 0 Å². The van der Waals surface area contributed by atoms with Crippen LogP contribution >= 0.6 is 0 Å². The van der Waals surface area contributed by atoms with Gasteiger partial charge < -0.3 is 19.6 Å². The van der Waals surface area contributed by atoms with Gasteiger partial charge in [0, 0.05) is 19.8 Å². The quantitative estimate of drug-likeness (QED) is 0.557. The predicted molar refractivity (Wildman–Crippen MR) is 80.0 cm³/mol. The van der Waals surface area contributed by atoms with Crippen molar-refractivity contribution in [2.75, 3.05) is 12.3 Å². The fourth-order valence-electron chi connectivity index (χ4n) is 2.21. The maximum absolute atomic E-state index is 11.8. The van der Waals surface area contributed by atoms with Crippen molar-refractivity contribution in [1.82, 2.24) is 24.1 Å². The first-order valence-electron chi connectivity index (χ1n) is 6.86. The van der Waals surface area contributed by atoms with Crippen molar-refractivity contribution in [3.05, 3.63) is 36.7 Å². The van der Waals surface area contributed by atoms with Gasteiger partial charge in [-0.1, -0.05) is 0 Å². The fraction of sp³-hybridized carbons (Fsp3) is 0.286. The zero-order valence-electron chi connectivity index (χ0n) is 12.1. The van der Waals surface area contributed by atoms with Gasteiger partial charge in [-0.25, -0.2) is 19.7 Å². The van der Waals surface area contributed by atoms with Crippen LogP contribution in [0.1, 0.15) is 16.9 Å². The maximum Gasteiger partial charge on any atom is 0.354 e. The van der Waals surface area contributed by atoms with Crippen LogP contribution in [-0.2, 0) is 18.3 Å². The second-order valence-corrected chi connectivity index (χ2v) is 4.86. The Morgan fingerprint density at radius 2 is 2.23 bits per heavy atom. The molecular weight excluding hydrogens is 284 g/mol. The molecule has 0 fully saturated rings. The summed E-state index contributed by atoms with van der Waals surface area (Å²) in [6.45, 7) is 0.956. The molecule has 0 atom stereocenters. The highest BCUT2D eigenvalue weighted by molar-refractivity contribution is 5.87. The minimum absolute atomic E-state index is 0.324. The summed E-state index contributed by atoms with van der Waals surface area (Å²) in [7, 11) is 1.80. The van der Waals surface area contributed by atoms with E-state index in [2.05, 4.69) is 15.0 Å². The summed E-state index contributed by atoms with van der Waals surface area (Å²) in [4.78, 5) is 24.1. The number of aromatic nitrogens is 5. The Hall–Kier alpha value is -2.90. The molecule has 3 rings (SSSR count). The van der Waals surface area contributed by atoms with Crippen LogP contribution in [0.5, 0.6) is 0 Å². The molecule has 0 amide bonds. The third kappa shape index (κ3) is 2.62. The smallest absolute Gasteiger partial charge is 0.354 e. The Bertz CT molecular complexity index is 807. The minimum Gasteiger partial charge on any atom is -0.461 e. The van der Waals surface area contributed by atoms with Crippen LogP contribution in [0.4, 0.5) is 5.82 Å². The Morgan fingerprint density at radius 1 is 1.36 bits per heavy atom. The Kier molecular flexibility index (Phi) is 3.73. The molecule has 0 aromatic carbocycles. The van der Waals surface area contributed by atoms with Crippen LogP contribution in [0.2, 0.25) is 0 Å². The normalized spacial score (nSPS) is 11.0. The number of carbonyl (C=O) groups is 1. The third-order valence-electron chi connectivity index (χ3n) is 3.36. The number of aryl methyl sites for hydroxylation is 2. The molecule has 8 heteroatoms. The van der Waals surface area contributed by atoms with Crippen molar-refractivity contribution in [3.8, 4) is 0 Å². The number of esters is 1. The average Bonchev–Trinajstić information content (AvgIpc) is 3.11. The topological polar surface area (TPSA) is 101 Å². The fourth-order valence-corrected chi connectivity index (χ4v) is 2.21. The lowest BCUT2D eigenvalue weighted by Crippen LogP contribution is -2.11. The van der Waals surface area contributed by atoms with Gasteiger partial charge in [0.1, 0.15) is 17.5 Å². The Morgan fingerprint density at radius 3 is 3.00 bits per heavy atom. The van der Waals surface area contributed by atoms with Gasteiger partial charge in [-0.15, -0.1) is 0 Å². The molecule has 0 bridgehead atoms. The van der Waals surface area contributed by atoms with Gasteiger partial charge in [-0.05, 0) is 18.6 Å². The second kappa shape index (κ2) is 5.84. The zero-order valence-corrected chi connectivity index (χ0v) is 12.1. The molecule has 0 aliphatic rings. The molecule has 0 aliphatic carbocycles. The largest absolute Gasteiger partial charge is 0.461 e. The molecule has 3 aromatic rings. The molecule has 8 nitrogen and oxygen atoms in total. The van der Waals surface area contributed by atoms with E-state index in [1.165, 1.54) is 6.33 Å². The van der Waals surface area contributed by atoms with Crippen LogP contribution in [0.3, 0.4) is 0 Å². The monoisotopic (exact) mass is 300 g/mol. The van der Waals surface area contributed by atoms with Crippen LogP contribution in [0, 0.1) is 0 Å². The van der Waals surface area contributed by atoms with E-state index >= 15 is 0 Å². The number of nitrogen functional groups attached to an aromatic ring is 1. The SMILES string of the molecule is Cn1cccc1C(=O)OCCCn1cnc2c(N)ncnc21. The van der Waals surface area contributed by atoms with E-state index in [-0.39, 0.29) is 5.97 Å². The second-order valence-electron chi connectivity index (χ2n) is 4.86. The molecule has 2 N–H and O–H groups in total. The molecule has 114 valence electrons. The highest BCUT2D eigenvalue weighted by Crippen LogP contribution is 2.14. The van der Waals surface area contributed by atoms with E-state index < -0.39 is 0 Å². The number of carbonyl (C=O) groups excluding carboxylic acids is 1. The number of nitrogens with two attached hydrogens (primary N) is 1. The number of fused-ring (bicyclic) bond motifs is 1. The minimum atomic E-state index is -0.324. The summed E-state index contributed by atoms with van der Waals surface area (Å²) in [6.07, 6.45) is 5.53. The summed E-state index contributed by atoms with van der Waals surface area (Å²) in [5.41, 5.74) is 7.54. The molecule has 0 unspecified atom stereocenters. The lowest BCUT2D eigenvalue weighted by atomic mass is 10.4. The van der Waals surface area contributed by atoms with E-state index in [0.29, 0.717) is 42.2 Å². The van der Waals surface area contributed by atoms with Crippen LogP contribution in [-0.4, -0.2) is 36.7 Å². The summed E-state index contributed by atoms with van der Waals surface area (Å²) < 4.78 is 8.84. The van der Waals surface area contributed by atoms with Crippen molar-refractivity contribution >= 4 is 23.0 Å². The van der Waals surface area contributed by atoms with E-state index in [4.69, 9.17) is 10.5 Å². The first kappa shape index (κ1) is 14.1. The van der Waals surface area contributed by atoms with Crippen LogP contribution in [0.15, 0.2) is 31.0 Å². The standard InChI is InChI=1S/C14H16N6O2/c1-19-5-2-4-10(19)14(21)22-7-3-6-20-9-18-11-12(15)16-8-17-13(11)20/h2,4-5,8-9H,3,6-7H2,1H3,(H2,15,16,17). The number of hydrogen-bond donors (Lipinski definition) is 1. The molecule has 0 spiro atoms. The van der Waals surface area contributed by atoms with Gasteiger partial charge in [0.15, 0.2) is 11.5 Å². The molecule has 3 aromatic heterocycles. The van der Waals surface area contributed by atoms with E-state index in [1.54, 1.807) is 36.3 Å². The number of ether oxygens (including phenoxy) is 1. The molecule has 3 heterocycles. The lowest BCUT2D eigenvalue weighted by molar-refractivity contribution is 0.0485. The maximum atomic E-state index is 11.8. The molecule has 0 saturated carbocycles. The van der Waals surface area contributed by atoms with Crippen LogP contribution in [0.25, 0.3) is 11.2 Å². The highest BCUT2D eigenvalue weighted by Gasteiger charge is 2.11. The van der Waals surface area contributed by atoms with Gasteiger partial charge in [-0.3, -0.25) is 0 Å².